The summed E-state index contributed by atoms with van der Waals surface area (Å²) in [4.78, 5) is 9.07. The Hall–Kier alpha value is -2.94. The maximum atomic E-state index is 4.70. The largest absolute Gasteiger partial charge is 0.312 e. The zero-order valence-corrected chi connectivity index (χ0v) is 16.5. The van der Waals surface area contributed by atoms with Gasteiger partial charge >= 0.3 is 0 Å². The van der Waals surface area contributed by atoms with Crippen LogP contribution in [-0.4, -0.2) is 14.4 Å². The Morgan fingerprint density at radius 3 is 2.33 bits per heavy atom. The summed E-state index contributed by atoms with van der Waals surface area (Å²) in [7, 11) is 0. The summed E-state index contributed by atoms with van der Waals surface area (Å²) in [5.74, 6) is 0. The van der Waals surface area contributed by atoms with E-state index in [4.69, 9.17) is 4.98 Å². The Morgan fingerprint density at radius 1 is 0.926 bits per heavy atom. The molecule has 0 radical (unpaired) electrons. The number of nitrogens with zero attached hydrogens (tertiary/aromatic N) is 3. The first-order valence-electron chi connectivity index (χ1n) is 9.44. The predicted octanol–water partition coefficient (Wildman–Crippen LogP) is 6.10. The average molecular weight is 353 g/mol. The van der Waals surface area contributed by atoms with Crippen LogP contribution in [0.3, 0.4) is 0 Å². The molecule has 3 heterocycles. The molecule has 3 nitrogen and oxygen atoms in total. The van der Waals surface area contributed by atoms with Crippen molar-refractivity contribution in [3.8, 4) is 0 Å². The number of hydrogen-bond donors (Lipinski definition) is 0. The Balaban J connectivity index is 2.17. The molecule has 0 unspecified atom stereocenters. The van der Waals surface area contributed by atoms with E-state index >= 15 is 0 Å². The third-order valence-corrected chi connectivity index (χ3v) is 5.79. The molecule has 0 fully saturated rings. The quantitative estimate of drug-likeness (QED) is 0.249. The highest BCUT2D eigenvalue weighted by atomic mass is 14.9. The minimum absolute atomic E-state index is 0.0386. The van der Waals surface area contributed by atoms with Gasteiger partial charge in [0.15, 0.2) is 0 Å². The fraction of sp³-hybridized carbons (Fsp3) is 0.250. The number of hydrogen-bond acceptors (Lipinski definition) is 2. The third kappa shape index (κ3) is 2.14. The van der Waals surface area contributed by atoms with Gasteiger partial charge in [0, 0.05) is 22.7 Å². The summed E-state index contributed by atoms with van der Waals surface area (Å²) >= 11 is 0. The minimum Gasteiger partial charge on any atom is -0.312 e. The van der Waals surface area contributed by atoms with E-state index in [-0.39, 0.29) is 5.41 Å². The van der Waals surface area contributed by atoms with Crippen molar-refractivity contribution in [3.63, 3.8) is 0 Å². The van der Waals surface area contributed by atoms with E-state index in [0.29, 0.717) is 0 Å². The second kappa shape index (κ2) is 5.29. The number of benzene rings is 2. The van der Waals surface area contributed by atoms with Crippen LogP contribution < -0.4 is 0 Å². The molecule has 3 aromatic heterocycles. The van der Waals surface area contributed by atoms with Crippen LogP contribution in [0.2, 0.25) is 0 Å². The molecule has 0 aliphatic rings. The van der Waals surface area contributed by atoms with Crippen molar-refractivity contribution in [1.82, 2.24) is 14.4 Å². The molecule has 0 aliphatic heterocycles. The van der Waals surface area contributed by atoms with Gasteiger partial charge in [0.1, 0.15) is 6.33 Å². The number of rotatable bonds is 0. The Morgan fingerprint density at radius 2 is 1.63 bits per heavy atom. The van der Waals surface area contributed by atoms with Gasteiger partial charge in [0.25, 0.3) is 0 Å². The van der Waals surface area contributed by atoms with Gasteiger partial charge in [0.05, 0.1) is 16.6 Å². The van der Waals surface area contributed by atoms with Gasteiger partial charge < -0.3 is 4.40 Å². The first-order valence-corrected chi connectivity index (χ1v) is 9.44. The molecule has 0 spiro atoms. The van der Waals surface area contributed by atoms with Crippen LogP contribution in [0.15, 0.2) is 48.9 Å². The highest BCUT2D eigenvalue weighted by Gasteiger charge is 2.26. The number of aryl methyl sites for hydroxylation is 1. The van der Waals surface area contributed by atoms with Crippen LogP contribution in [0.5, 0.6) is 0 Å². The maximum Gasteiger partial charge on any atom is 0.116 e. The summed E-state index contributed by atoms with van der Waals surface area (Å²) in [5, 5.41) is 4.79. The molecule has 3 heteroatoms. The summed E-state index contributed by atoms with van der Waals surface area (Å²) in [6, 6.07) is 13.1. The van der Waals surface area contributed by atoms with Crippen molar-refractivity contribution in [1.29, 1.82) is 0 Å². The lowest BCUT2D eigenvalue weighted by molar-refractivity contribution is 0.593. The Labute approximate surface area is 158 Å². The molecule has 2 aromatic carbocycles. The smallest absolute Gasteiger partial charge is 0.116 e. The van der Waals surface area contributed by atoms with Crippen molar-refractivity contribution in [2.24, 2.45) is 0 Å². The zero-order valence-electron chi connectivity index (χ0n) is 16.5. The van der Waals surface area contributed by atoms with Crippen LogP contribution in [0.25, 0.3) is 38.1 Å². The molecule has 0 N–H and O–H groups in total. The number of fused-ring (bicyclic) bond motifs is 7. The topological polar surface area (TPSA) is 30.2 Å². The maximum absolute atomic E-state index is 4.70. The summed E-state index contributed by atoms with van der Waals surface area (Å²) in [6.45, 7) is 11.3. The SMILES string of the molecule is Cc1c(C(C)(C)C)c2c3cncnc3c3cc4ccccc4cc3n2c1C. The summed E-state index contributed by atoms with van der Waals surface area (Å²) < 4.78 is 2.42. The van der Waals surface area contributed by atoms with Crippen molar-refractivity contribution in [2.75, 3.05) is 0 Å². The first kappa shape index (κ1) is 16.2. The third-order valence-electron chi connectivity index (χ3n) is 5.79. The Bertz CT molecular complexity index is 1370. The predicted molar refractivity (Wildman–Crippen MR) is 114 cm³/mol. The minimum atomic E-state index is 0.0386. The average Bonchev–Trinajstić information content (AvgIpc) is 2.92. The van der Waals surface area contributed by atoms with Gasteiger partial charge in [-0.3, -0.25) is 0 Å². The summed E-state index contributed by atoms with van der Waals surface area (Å²) in [5.41, 5.74) is 7.56. The van der Waals surface area contributed by atoms with Crippen LogP contribution in [-0.2, 0) is 5.41 Å². The molecule has 0 amide bonds. The lowest BCUT2D eigenvalue weighted by Crippen LogP contribution is -2.12. The second-order valence-corrected chi connectivity index (χ2v) is 8.52. The monoisotopic (exact) mass is 353 g/mol. The molecular weight excluding hydrogens is 330 g/mol. The van der Waals surface area contributed by atoms with Gasteiger partial charge in [-0.1, -0.05) is 45.0 Å². The van der Waals surface area contributed by atoms with E-state index in [2.05, 4.69) is 80.4 Å². The lowest BCUT2D eigenvalue weighted by atomic mass is 9.84. The van der Waals surface area contributed by atoms with Crippen molar-refractivity contribution >= 4 is 38.1 Å². The highest BCUT2D eigenvalue weighted by Crippen LogP contribution is 2.40. The Kier molecular flexibility index (Phi) is 3.18. The van der Waals surface area contributed by atoms with Crippen molar-refractivity contribution in [3.05, 3.63) is 65.7 Å². The van der Waals surface area contributed by atoms with Crippen molar-refractivity contribution in [2.45, 2.75) is 40.0 Å². The van der Waals surface area contributed by atoms with E-state index < -0.39 is 0 Å². The van der Waals surface area contributed by atoms with E-state index in [1.807, 2.05) is 6.20 Å². The van der Waals surface area contributed by atoms with E-state index in [9.17, 15) is 0 Å². The zero-order chi connectivity index (χ0) is 18.9. The van der Waals surface area contributed by atoms with E-state index in [0.717, 1.165) is 10.9 Å². The van der Waals surface area contributed by atoms with Gasteiger partial charge in [-0.25, -0.2) is 9.97 Å². The fourth-order valence-corrected chi connectivity index (χ4v) is 4.60. The van der Waals surface area contributed by atoms with Gasteiger partial charge in [-0.05, 0) is 53.3 Å². The van der Waals surface area contributed by atoms with Crippen LogP contribution in [0.1, 0.15) is 37.6 Å². The van der Waals surface area contributed by atoms with Gasteiger partial charge in [-0.15, -0.1) is 0 Å². The number of aromatic nitrogens is 3. The molecule has 0 saturated carbocycles. The molecule has 5 aromatic rings. The molecule has 134 valence electrons. The standard InChI is InChI=1S/C24H23N3/c1-14-15(2)27-20-11-17-9-7-6-8-16(17)10-18(20)22-19(12-25-13-26-22)23(27)21(14)24(3,4)5/h6-13H,1-5H3. The normalized spacial score (nSPS) is 12.6. The van der Waals surface area contributed by atoms with Crippen LogP contribution in [0, 0.1) is 13.8 Å². The molecule has 0 aliphatic carbocycles. The summed E-state index contributed by atoms with van der Waals surface area (Å²) in [6.07, 6.45) is 3.63. The van der Waals surface area contributed by atoms with Crippen molar-refractivity contribution < 1.29 is 0 Å². The lowest BCUT2D eigenvalue weighted by Gasteiger charge is -2.20. The number of pyridine rings is 1. The molecular formula is C24H23N3. The first-order chi connectivity index (χ1) is 12.9. The molecule has 0 atom stereocenters. The molecule has 5 rings (SSSR count). The highest BCUT2D eigenvalue weighted by molar-refractivity contribution is 6.14. The fourth-order valence-electron chi connectivity index (χ4n) is 4.60. The van der Waals surface area contributed by atoms with E-state index in [1.165, 1.54) is 44.0 Å². The van der Waals surface area contributed by atoms with Gasteiger partial charge in [-0.2, -0.15) is 0 Å². The second-order valence-electron chi connectivity index (χ2n) is 8.52. The molecule has 27 heavy (non-hydrogen) atoms. The molecule has 0 saturated heterocycles. The van der Waals surface area contributed by atoms with Crippen LogP contribution in [0.4, 0.5) is 0 Å². The molecule has 0 bridgehead atoms. The van der Waals surface area contributed by atoms with Crippen LogP contribution >= 0.6 is 0 Å². The van der Waals surface area contributed by atoms with Gasteiger partial charge in [0.2, 0.25) is 0 Å². The van der Waals surface area contributed by atoms with E-state index in [1.54, 1.807) is 6.33 Å².